The van der Waals surface area contributed by atoms with E-state index >= 15 is 0 Å². The molecule has 1 N–H and O–H groups in total. The number of carbonyl (C=O) groups is 3. The minimum absolute atomic E-state index is 0.00956. The van der Waals surface area contributed by atoms with Crippen molar-refractivity contribution in [1.82, 2.24) is 4.90 Å². The van der Waals surface area contributed by atoms with Crippen LogP contribution in [0.3, 0.4) is 0 Å². The van der Waals surface area contributed by atoms with Gasteiger partial charge < -0.3 is 10.0 Å². The summed E-state index contributed by atoms with van der Waals surface area (Å²) in [5.41, 5.74) is 0.675. The molecule has 1 amide bonds. The molecule has 1 saturated heterocycles. The van der Waals surface area contributed by atoms with Gasteiger partial charge in [0.05, 0.1) is 5.92 Å². The molecule has 1 atom stereocenters. The van der Waals surface area contributed by atoms with Crippen molar-refractivity contribution in [2.75, 3.05) is 13.1 Å². The average Bonchev–Trinajstić information content (AvgIpc) is 3.13. The number of amides is 1. The minimum atomic E-state index is -0.707. The number of hydrogen-bond acceptors (Lipinski definition) is 4. The fraction of sp³-hybridized carbons (Fsp3) is 0.611. The van der Waals surface area contributed by atoms with Crippen molar-refractivity contribution in [3.8, 4) is 0 Å². The first-order chi connectivity index (χ1) is 11.3. The van der Waals surface area contributed by atoms with Gasteiger partial charge >= 0.3 is 5.97 Å². The quantitative estimate of drug-likeness (QED) is 0.829. The van der Waals surface area contributed by atoms with Crippen molar-refractivity contribution in [1.29, 1.82) is 0 Å². The zero-order valence-corrected chi connectivity index (χ0v) is 14.9. The molecule has 3 rings (SSSR count). The predicted octanol–water partition coefficient (Wildman–Crippen LogP) is 3.04. The highest BCUT2D eigenvalue weighted by molar-refractivity contribution is 7.12. The van der Waals surface area contributed by atoms with E-state index in [0.29, 0.717) is 13.1 Å². The van der Waals surface area contributed by atoms with Gasteiger partial charge in [-0.15, -0.1) is 11.3 Å². The molecule has 0 aromatic carbocycles. The molecule has 24 heavy (non-hydrogen) atoms. The van der Waals surface area contributed by atoms with Crippen molar-refractivity contribution < 1.29 is 19.5 Å². The minimum Gasteiger partial charge on any atom is -0.481 e. The fourth-order valence-electron chi connectivity index (χ4n) is 3.87. The fourth-order valence-corrected chi connectivity index (χ4v) is 4.81. The van der Waals surface area contributed by atoms with E-state index in [1.165, 1.54) is 0 Å². The third-order valence-electron chi connectivity index (χ3n) is 5.51. The Labute approximate surface area is 145 Å². The maximum Gasteiger partial charge on any atom is 0.307 e. The van der Waals surface area contributed by atoms with E-state index in [0.717, 1.165) is 34.6 Å². The van der Waals surface area contributed by atoms with Gasteiger partial charge in [0.25, 0.3) is 0 Å². The van der Waals surface area contributed by atoms with Gasteiger partial charge in [-0.3, -0.25) is 14.4 Å². The van der Waals surface area contributed by atoms with E-state index in [-0.39, 0.29) is 35.9 Å². The molecule has 1 unspecified atom stereocenters. The van der Waals surface area contributed by atoms with E-state index in [4.69, 9.17) is 5.11 Å². The van der Waals surface area contributed by atoms with Crippen LogP contribution in [-0.4, -0.2) is 40.8 Å². The highest BCUT2D eigenvalue weighted by Gasteiger charge is 2.59. The van der Waals surface area contributed by atoms with Gasteiger partial charge in [-0.25, -0.2) is 0 Å². The Balaban J connectivity index is 1.47. The zero-order valence-electron chi connectivity index (χ0n) is 14.1. The van der Waals surface area contributed by atoms with Crippen LogP contribution in [0.25, 0.3) is 0 Å². The van der Waals surface area contributed by atoms with Gasteiger partial charge in [-0.2, -0.15) is 0 Å². The number of carboxylic acids is 1. The molecule has 2 fully saturated rings. The van der Waals surface area contributed by atoms with Crippen LogP contribution >= 0.6 is 11.3 Å². The summed E-state index contributed by atoms with van der Waals surface area (Å²) in [6.45, 7) is 5.15. The van der Waals surface area contributed by atoms with Gasteiger partial charge in [-0.1, -0.05) is 0 Å². The van der Waals surface area contributed by atoms with Crippen LogP contribution in [0.5, 0.6) is 0 Å². The maximum absolute atomic E-state index is 12.3. The van der Waals surface area contributed by atoms with Gasteiger partial charge in [0, 0.05) is 41.2 Å². The standard InChI is InChI=1S/C18H23NO4S/c1-11-9-13(12(2)24-11)15(20)3-4-16(21)19-7-5-18(6-8-19)10-14(18)17(22)23/h9,14H,3-8,10H2,1-2H3,(H,22,23). The first kappa shape index (κ1) is 17.1. The molecule has 0 bridgehead atoms. The molecular formula is C18H23NO4S. The molecule has 1 aliphatic heterocycles. The van der Waals surface area contributed by atoms with Crippen LogP contribution in [0.15, 0.2) is 6.07 Å². The normalized spacial score (nSPS) is 21.8. The van der Waals surface area contributed by atoms with E-state index in [1.54, 1.807) is 16.2 Å². The smallest absolute Gasteiger partial charge is 0.307 e. The number of nitrogens with zero attached hydrogens (tertiary/aromatic N) is 1. The van der Waals surface area contributed by atoms with Crippen LogP contribution in [0.1, 0.15) is 52.2 Å². The summed E-state index contributed by atoms with van der Waals surface area (Å²) in [6, 6.07) is 1.90. The number of piperidine rings is 1. The number of ketones is 1. The monoisotopic (exact) mass is 349 g/mol. The Morgan fingerprint density at radius 1 is 1.25 bits per heavy atom. The Hall–Kier alpha value is -1.69. The molecule has 2 aliphatic rings. The first-order valence-corrected chi connectivity index (χ1v) is 9.25. The van der Waals surface area contributed by atoms with Crippen molar-refractivity contribution >= 4 is 29.0 Å². The van der Waals surface area contributed by atoms with Crippen LogP contribution in [0, 0.1) is 25.2 Å². The zero-order chi connectivity index (χ0) is 17.5. The van der Waals surface area contributed by atoms with Gasteiger partial charge in [0.15, 0.2) is 5.78 Å². The second-order valence-electron chi connectivity index (χ2n) is 7.09. The molecule has 5 nitrogen and oxygen atoms in total. The highest BCUT2D eigenvalue weighted by atomic mass is 32.1. The molecule has 2 heterocycles. The predicted molar refractivity (Wildman–Crippen MR) is 91.3 cm³/mol. The molecule has 1 aliphatic carbocycles. The van der Waals surface area contributed by atoms with Crippen molar-refractivity contribution in [2.24, 2.45) is 11.3 Å². The summed E-state index contributed by atoms with van der Waals surface area (Å²) < 4.78 is 0. The number of carbonyl (C=O) groups excluding carboxylic acids is 2. The lowest BCUT2D eigenvalue weighted by Gasteiger charge is -2.32. The molecule has 130 valence electrons. The van der Waals surface area contributed by atoms with E-state index in [9.17, 15) is 14.4 Å². The molecule has 0 radical (unpaired) electrons. The number of Topliss-reactive ketones (excluding diaryl/α,β-unsaturated/α-hetero) is 1. The van der Waals surface area contributed by atoms with Crippen LogP contribution in [-0.2, 0) is 9.59 Å². The summed E-state index contributed by atoms with van der Waals surface area (Å²) in [7, 11) is 0. The maximum atomic E-state index is 12.3. The molecule has 1 aromatic heterocycles. The summed E-state index contributed by atoms with van der Waals surface area (Å²) in [5, 5.41) is 9.11. The summed E-state index contributed by atoms with van der Waals surface area (Å²) >= 11 is 1.60. The number of aliphatic carboxylic acids is 1. The summed E-state index contributed by atoms with van der Waals surface area (Å²) in [6.07, 6.45) is 2.77. The number of carboxylic acid groups (broad SMARTS) is 1. The molecular weight excluding hydrogens is 326 g/mol. The molecule has 1 aromatic rings. The number of aryl methyl sites for hydroxylation is 2. The van der Waals surface area contributed by atoms with E-state index in [1.807, 2.05) is 19.9 Å². The summed E-state index contributed by atoms with van der Waals surface area (Å²) in [4.78, 5) is 39.6. The lowest BCUT2D eigenvalue weighted by molar-refractivity contribution is -0.139. The number of hydrogen-bond donors (Lipinski definition) is 1. The van der Waals surface area contributed by atoms with Crippen LogP contribution in [0.4, 0.5) is 0 Å². The topological polar surface area (TPSA) is 74.7 Å². The third kappa shape index (κ3) is 3.24. The third-order valence-corrected chi connectivity index (χ3v) is 6.47. The van der Waals surface area contributed by atoms with E-state index < -0.39 is 5.97 Å². The molecule has 6 heteroatoms. The van der Waals surface area contributed by atoms with Crippen LogP contribution in [0.2, 0.25) is 0 Å². The SMILES string of the molecule is Cc1cc(C(=O)CCC(=O)N2CCC3(CC2)CC3C(=O)O)c(C)s1. The number of rotatable bonds is 5. The number of likely N-dealkylation sites (tertiary alicyclic amines) is 1. The van der Waals surface area contributed by atoms with Gasteiger partial charge in [0.1, 0.15) is 0 Å². The van der Waals surface area contributed by atoms with Gasteiger partial charge in [-0.05, 0) is 44.6 Å². The largest absolute Gasteiger partial charge is 0.481 e. The van der Waals surface area contributed by atoms with Crippen LogP contribution < -0.4 is 0 Å². The average molecular weight is 349 g/mol. The lowest BCUT2D eigenvalue weighted by Crippen LogP contribution is -2.40. The Morgan fingerprint density at radius 2 is 1.92 bits per heavy atom. The highest BCUT2D eigenvalue weighted by Crippen LogP contribution is 2.59. The van der Waals surface area contributed by atoms with Crippen molar-refractivity contribution in [3.05, 3.63) is 21.4 Å². The first-order valence-electron chi connectivity index (χ1n) is 8.43. The number of thiophene rings is 1. The van der Waals surface area contributed by atoms with Crippen molar-refractivity contribution in [3.63, 3.8) is 0 Å². The van der Waals surface area contributed by atoms with Crippen molar-refractivity contribution in [2.45, 2.75) is 46.0 Å². The molecule has 1 saturated carbocycles. The Morgan fingerprint density at radius 3 is 2.42 bits per heavy atom. The Bertz CT molecular complexity index is 685. The van der Waals surface area contributed by atoms with E-state index in [2.05, 4.69) is 0 Å². The second kappa shape index (κ2) is 6.31. The molecule has 1 spiro atoms. The second-order valence-corrected chi connectivity index (χ2v) is 8.55. The summed E-state index contributed by atoms with van der Waals surface area (Å²) in [5.74, 6) is -0.884. The van der Waals surface area contributed by atoms with Gasteiger partial charge in [0.2, 0.25) is 5.91 Å². The lowest BCUT2D eigenvalue weighted by atomic mass is 9.90. The Kier molecular flexibility index (Phi) is 4.51.